The van der Waals surface area contributed by atoms with E-state index in [-0.39, 0.29) is 5.41 Å². The summed E-state index contributed by atoms with van der Waals surface area (Å²) in [4.78, 5) is 4.77. The molecule has 0 aliphatic heterocycles. The number of hydrogen-bond donors (Lipinski definition) is 2. The van der Waals surface area contributed by atoms with Gasteiger partial charge in [0.2, 0.25) is 0 Å². The summed E-state index contributed by atoms with van der Waals surface area (Å²) in [6, 6.07) is 6.45. The summed E-state index contributed by atoms with van der Waals surface area (Å²) in [6.07, 6.45) is 1.06. The first kappa shape index (κ1) is 20.1. The molecule has 136 valence electrons. The molecule has 0 radical (unpaired) electrons. The Labute approximate surface area is 146 Å². The number of nitrogens with zero attached hydrogens (tertiary/aromatic N) is 1. The van der Waals surface area contributed by atoms with Crippen LogP contribution in [0.3, 0.4) is 0 Å². The van der Waals surface area contributed by atoms with Gasteiger partial charge in [0.25, 0.3) is 0 Å². The molecule has 0 saturated heterocycles. The zero-order chi connectivity index (χ0) is 18.2. The van der Waals surface area contributed by atoms with E-state index in [0.29, 0.717) is 12.6 Å². The minimum atomic E-state index is -0.114. The van der Waals surface area contributed by atoms with Gasteiger partial charge >= 0.3 is 0 Å². The zero-order valence-electron chi connectivity index (χ0n) is 16.2. The van der Waals surface area contributed by atoms with Crippen molar-refractivity contribution in [3.63, 3.8) is 0 Å². The Morgan fingerprint density at radius 3 is 2.38 bits per heavy atom. The number of hydrogen-bond acceptors (Lipinski definition) is 3. The van der Waals surface area contributed by atoms with Crippen LogP contribution >= 0.6 is 0 Å². The van der Waals surface area contributed by atoms with Gasteiger partial charge in [0, 0.05) is 18.0 Å². The van der Waals surface area contributed by atoms with E-state index < -0.39 is 0 Å². The fraction of sp³-hybridized carbons (Fsp3) is 0.632. The van der Waals surface area contributed by atoms with Crippen LogP contribution < -0.4 is 20.1 Å². The predicted molar refractivity (Wildman–Crippen MR) is 101 cm³/mol. The van der Waals surface area contributed by atoms with Gasteiger partial charge in [-0.15, -0.1) is 0 Å². The van der Waals surface area contributed by atoms with E-state index in [4.69, 9.17) is 14.5 Å². The average molecular weight is 335 g/mol. The van der Waals surface area contributed by atoms with Crippen LogP contribution in [0.4, 0.5) is 0 Å². The minimum Gasteiger partial charge on any atom is -0.493 e. The van der Waals surface area contributed by atoms with Crippen LogP contribution in [0.25, 0.3) is 0 Å². The van der Waals surface area contributed by atoms with E-state index in [9.17, 15) is 0 Å². The number of benzene rings is 1. The zero-order valence-corrected chi connectivity index (χ0v) is 16.2. The first-order valence-corrected chi connectivity index (χ1v) is 8.65. The number of nitrogens with one attached hydrogen (secondary N) is 2. The maximum absolute atomic E-state index is 5.42. The summed E-state index contributed by atoms with van der Waals surface area (Å²) in [6.45, 7) is 12.3. The third-order valence-electron chi connectivity index (χ3n) is 4.14. The van der Waals surface area contributed by atoms with Gasteiger partial charge in [-0.25, -0.2) is 0 Å². The molecule has 1 aromatic carbocycles. The van der Waals surface area contributed by atoms with Gasteiger partial charge < -0.3 is 20.1 Å². The van der Waals surface area contributed by atoms with E-state index in [1.165, 1.54) is 5.56 Å². The first-order valence-electron chi connectivity index (χ1n) is 8.65. The van der Waals surface area contributed by atoms with Crippen molar-refractivity contribution in [3.8, 4) is 11.5 Å². The number of guanidine groups is 1. The van der Waals surface area contributed by atoms with Crippen molar-refractivity contribution in [2.75, 3.05) is 27.3 Å². The Balaban J connectivity index is 2.95. The predicted octanol–water partition coefficient (Wildman–Crippen LogP) is 3.34. The molecule has 5 heteroatoms. The molecular formula is C19H33N3O2. The third kappa shape index (κ3) is 5.62. The van der Waals surface area contributed by atoms with Crippen LogP contribution in [0.2, 0.25) is 0 Å². The highest BCUT2D eigenvalue weighted by Crippen LogP contribution is 2.33. The average Bonchev–Trinajstić information content (AvgIpc) is 2.59. The molecule has 2 N–H and O–H groups in total. The van der Waals surface area contributed by atoms with Crippen molar-refractivity contribution in [2.45, 2.75) is 52.5 Å². The normalized spacial score (nSPS) is 13.4. The Hall–Kier alpha value is -1.91. The SMILES string of the molecule is CCNC(=NCC(C)(C)c1ccc(OC)c(OC)c1)NC(C)CC. The van der Waals surface area contributed by atoms with Crippen molar-refractivity contribution in [1.29, 1.82) is 0 Å². The summed E-state index contributed by atoms with van der Waals surface area (Å²) >= 11 is 0. The Morgan fingerprint density at radius 2 is 1.83 bits per heavy atom. The van der Waals surface area contributed by atoms with Gasteiger partial charge in [0.05, 0.1) is 20.8 Å². The smallest absolute Gasteiger partial charge is 0.191 e. The van der Waals surface area contributed by atoms with Gasteiger partial charge in [-0.1, -0.05) is 26.8 Å². The molecule has 0 amide bonds. The topological polar surface area (TPSA) is 54.9 Å². The van der Waals surface area contributed by atoms with Crippen LogP contribution in [0.15, 0.2) is 23.2 Å². The molecule has 0 heterocycles. The molecule has 0 bridgehead atoms. The number of aliphatic imine (C=N–C) groups is 1. The molecule has 0 aromatic heterocycles. The molecule has 1 unspecified atom stereocenters. The summed E-state index contributed by atoms with van der Waals surface area (Å²) in [7, 11) is 3.31. The van der Waals surface area contributed by atoms with Crippen molar-refractivity contribution in [1.82, 2.24) is 10.6 Å². The summed E-state index contributed by atoms with van der Waals surface area (Å²) in [5.74, 6) is 2.35. The lowest BCUT2D eigenvalue weighted by atomic mass is 9.84. The van der Waals surface area contributed by atoms with Crippen LogP contribution in [0.1, 0.15) is 46.6 Å². The van der Waals surface area contributed by atoms with Gasteiger partial charge in [-0.3, -0.25) is 4.99 Å². The third-order valence-corrected chi connectivity index (χ3v) is 4.14. The molecule has 0 spiro atoms. The van der Waals surface area contributed by atoms with Crippen LogP contribution in [0, 0.1) is 0 Å². The molecule has 0 fully saturated rings. The number of ether oxygens (including phenoxy) is 2. The fourth-order valence-electron chi connectivity index (χ4n) is 2.28. The molecule has 1 aromatic rings. The fourth-order valence-corrected chi connectivity index (χ4v) is 2.28. The second-order valence-corrected chi connectivity index (χ2v) is 6.60. The van der Waals surface area contributed by atoms with Gasteiger partial charge in [-0.05, 0) is 38.0 Å². The van der Waals surface area contributed by atoms with Crippen molar-refractivity contribution in [2.24, 2.45) is 4.99 Å². The lowest BCUT2D eigenvalue weighted by Crippen LogP contribution is -2.42. The Morgan fingerprint density at radius 1 is 1.17 bits per heavy atom. The van der Waals surface area contributed by atoms with E-state index in [1.54, 1.807) is 14.2 Å². The molecule has 24 heavy (non-hydrogen) atoms. The van der Waals surface area contributed by atoms with Gasteiger partial charge in [-0.2, -0.15) is 0 Å². The van der Waals surface area contributed by atoms with Gasteiger partial charge in [0.1, 0.15) is 0 Å². The van der Waals surface area contributed by atoms with Crippen molar-refractivity contribution in [3.05, 3.63) is 23.8 Å². The van der Waals surface area contributed by atoms with E-state index in [1.807, 2.05) is 12.1 Å². The maximum Gasteiger partial charge on any atom is 0.191 e. The Kier molecular flexibility index (Phi) is 7.89. The first-order chi connectivity index (χ1) is 11.4. The summed E-state index contributed by atoms with van der Waals surface area (Å²) < 4.78 is 10.7. The van der Waals surface area contributed by atoms with Crippen LogP contribution in [-0.4, -0.2) is 39.3 Å². The second kappa shape index (κ2) is 9.40. The molecule has 5 nitrogen and oxygen atoms in total. The van der Waals surface area contributed by atoms with E-state index >= 15 is 0 Å². The molecular weight excluding hydrogens is 302 g/mol. The molecule has 0 aliphatic carbocycles. The van der Waals surface area contributed by atoms with Crippen molar-refractivity contribution >= 4 is 5.96 Å². The summed E-state index contributed by atoms with van der Waals surface area (Å²) in [5, 5.41) is 6.73. The maximum atomic E-state index is 5.42. The van der Waals surface area contributed by atoms with Crippen molar-refractivity contribution < 1.29 is 9.47 Å². The highest BCUT2D eigenvalue weighted by Gasteiger charge is 2.22. The molecule has 0 saturated carbocycles. The molecule has 0 aliphatic rings. The highest BCUT2D eigenvalue weighted by molar-refractivity contribution is 5.80. The molecule has 1 rings (SSSR count). The summed E-state index contributed by atoms with van der Waals surface area (Å²) in [5.41, 5.74) is 1.06. The second-order valence-electron chi connectivity index (χ2n) is 6.60. The van der Waals surface area contributed by atoms with Crippen LogP contribution in [0.5, 0.6) is 11.5 Å². The van der Waals surface area contributed by atoms with E-state index in [0.717, 1.165) is 30.4 Å². The Bertz CT molecular complexity index is 541. The quantitative estimate of drug-likeness (QED) is 0.565. The largest absolute Gasteiger partial charge is 0.493 e. The monoisotopic (exact) mass is 335 g/mol. The highest BCUT2D eigenvalue weighted by atomic mass is 16.5. The molecule has 1 atom stereocenters. The standard InChI is InChI=1S/C19H33N3O2/c1-8-14(3)22-18(20-9-2)21-13-19(4,5)15-10-11-16(23-6)17(12-15)24-7/h10-12,14H,8-9,13H2,1-7H3,(H2,20,21,22). The van der Waals surface area contributed by atoms with Crippen LogP contribution in [-0.2, 0) is 5.41 Å². The van der Waals surface area contributed by atoms with E-state index in [2.05, 4.69) is 51.3 Å². The lowest BCUT2D eigenvalue weighted by molar-refractivity contribution is 0.353. The number of methoxy groups -OCH3 is 2. The lowest BCUT2D eigenvalue weighted by Gasteiger charge is -2.25. The van der Waals surface area contributed by atoms with Gasteiger partial charge in [0.15, 0.2) is 17.5 Å². The number of rotatable bonds is 8. The minimum absolute atomic E-state index is 0.114.